The van der Waals surface area contributed by atoms with Crippen molar-refractivity contribution in [3.63, 3.8) is 0 Å². The number of nitrogens with zero attached hydrogens (tertiary/aromatic N) is 1. The van der Waals surface area contributed by atoms with Crippen molar-refractivity contribution < 1.29 is 12.8 Å². The van der Waals surface area contributed by atoms with Crippen LogP contribution in [-0.4, -0.2) is 25.5 Å². The SMILES string of the molecule is CC1CCCCC1(CN)NS(=O)(=O)c1ncccc1F. The van der Waals surface area contributed by atoms with Crippen LogP contribution < -0.4 is 10.5 Å². The van der Waals surface area contributed by atoms with E-state index in [0.717, 1.165) is 25.3 Å². The molecule has 20 heavy (non-hydrogen) atoms. The van der Waals surface area contributed by atoms with Gasteiger partial charge in [0.2, 0.25) is 5.03 Å². The summed E-state index contributed by atoms with van der Waals surface area (Å²) in [5, 5.41) is -0.564. The van der Waals surface area contributed by atoms with Crippen LogP contribution in [0.25, 0.3) is 0 Å². The van der Waals surface area contributed by atoms with Crippen LogP contribution in [-0.2, 0) is 10.0 Å². The third-order valence-electron chi connectivity index (χ3n) is 4.13. The van der Waals surface area contributed by atoms with Crippen LogP contribution in [0.4, 0.5) is 4.39 Å². The van der Waals surface area contributed by atoms with E-state index in [4.69, 9.17) is 5.73 Å². The molecule has 2 unspecified atom stereocenters. The molecule has 1 heterocycles. The Morgan fingerprint density at radius 2 is 2.30 bits per heavy atom. The predicted molar refractivity (Wildman–Crippen MR) is 73.9 cm³/mol. The van der Waals surface area contributed by atoms with Gasteiger partial charge in [-0.05, 0) is 30.9 Å². The minimum absolute atomic E-state index is 0.114. The molecule has 5 nitrogen and oxygen atoms in total. The number of halogens is 1. The van der Waals surface area contributed by atoms with Gasteiger partial charge in [-0.3, -0.25) is 0 Å². The maximum absolute atomic E-state index is 13.7. The highest BCUT2D eigenvalue weighted by atomic mass is 32.2. The number of hydrogen-bond acceptors (Lipinski definition) is 4. The standard InChI is InChI=1S/C13H20FN3O2S/c1-10-5-2-3-7-13(10,9-15)17-20(18,19)12-11(14)6-4-8-16-12/h4,6,8,10,17H,2-3,5,7,9,15H2,1H3. The quantitative estimate of drug-likeness (QED) is 0.880. The molecule has 1 aliphatic rings. The zero-order chi connectivity index (χ0) is 14.8. The van der Waals surface area contributed by atoms with E-state index in [1.54, 1.807) is 0 Å². The number of aromatic nitrogens is 1. The van der Waals surface area contributed by atoms with E-state index in [1.165, 1.54) is 12.3 Å². The van der Waals surface area contributed by atoms with E-state index in [-0.39, 0.29) is 12.5 Å². The Labute approximate surface area is 118 Å². The second kappa shape index (κ2) is 5.75. The topological polar surface area (TPSA) is 85.1 Å². The second-order valence-electron chi connectivity index (χ2n) is 5.40. The molecule has 1 fully saturated rings. The molecule has 0 radical (unpaired) electrons. The number of hydrogen-bond donors (Lipinski definition) is 2. The summed E-state index contributed by atoms with van der Waals surface area (Å²) in [5.41, 5.74) is 5.10. The summed E-state index contributed by atoms with van der Waals surface area (Å²) in [4.78, 5) is 3.64. The van der Waals surface area contributed by atoms with Gasteiger partial charge in [-0.1, -0.05) is 19.8 Å². The summed E-state index contributed by atoms with van der Waals surface area (Å²) >= 11 is 0. The maximum atomic E-state index is 13.7. The molecule has 2 atom stereocenters. The molecule has 7 heteroatoms. The fraction of sp³-hybridized carbons (Fsp3) is 0.615. The van der Waals surface area contributed by atoms with E-state index in [0.29, 0.717) is 6.42 Å². The highest BCUT2D eigenvalue weighted by Crippen LogP contribution is 2.34. The number of nitrogens with two attached hydrogens (primary N) is 1. The smallest absolute Gasteiger partial charge is 0.261 e. The van der Waals surface area contributed by atoms with Crippen molar-refractivity contribution in [1.82, 2.24) is 9.71 Å². The highest BCUT2D eigenvalue weighted by molar-refractivity contribution is 7.89. The summed E-state index contributed by atoms with van der Waals surface area (Å²) in [5.74, 6) is -0.738. The van der Waals surface area contributed by atoms with Crippen LogP contribution in [0.2, 0.25) is 0 Å². The van der Waals surface area contributed by atoms with Gasteiger partial charge < -0.3 is 5.73 Å². The molecular formula is C13H20FN3O2S. The molecule has 2 rings (SSSR count). The van der Waals surface area contributed by atoms with Gasteiger partial charge in [0.15, 0.2) is 5.82 Å². The van der Waals surface area contributed by atoms with Crippen LogP contribution in [0.3, 0.4) is 0 Å². The number of nitrogens with one attached hydrogen (secondary N) is 1. The first kappa shape index (κ1) is 15.3. The molecule has 1 saturated carbocycles. The Bertz CT molecular complexity index is 579. The molecule has 0 spiro atoms. The largest absolute Gasteiger partial charge is 0.329 e. The normalized spacial score (nSPS) is 27.4. The van der Waals surface area contributed by atoms with E-state index >= 15 is 0 Å². The number of sulfonamides is 1. The third kappa shape index (κ3) is 2.84. The average Bonchev–Trinajstić information content (AvgIpc) is 2.41. The highest BCUT2D eigenvalue weighted by Gasteiger charge is 2.41. The van der Waals surface area contributed by atoms with Crippen molar-refractivity contribution in [1.29, 1.82) is 0 Å². The molecular weight excluding hydrogens is 281 g/mol. The van der Waals surface area contributed by atoms with Crippen molar-refractivity contribution in [2.45, 2.75) is 43.2 Å². The average molecular weight is 301 g/mol. The van der Waals surface area contributed by atoms with Crippen molar-refractivity contribution in [3.05, 3.63) is 24.1 Å². The molecule has 1 aromatic heterocycles. The first-order valence-corrected chi connectivity index (χ1v) is 8.24. The van der Waals surface area contributed by atoms with Gasteiger partial charge in [-0.15, -0.1) is 0 Å². The molecule has 3 N–H and O–H groups in total. The van der Waals surface area contributed by atoms with Crippen molar-refractivity contribution in [3.8, 4) is 0 Å². The molecule has 112 valence electrons. The van der Waals surface area contributed by atoms with Crippen molar-refractivity contribution in [2.75, 3.05) is 6.54 Å². The fourth-order valence-electron chi connectivity index (χ4n) is 2.80. The third-order valence-corrected chi connectivity index (χ3v) is 5.62. The lowest BCUT2D eigenvalue weighted by Gasteiger charge is -2.42. The Morgan fingerprint density at radius 3 is 2.90 bits per heavy atom. The van der Waals surface area contributed by atoms with E-state index in [1.807, 2.05) is 6.92 Å². The van der Waals surface area contributed by atoms with Crippen LogP contribution in [0.1, 0.15) is 32.6 Å². The lowest BCUT2D eigenvalue weighted by molar-refractivity contribution is 0.191. The minimum Gasteiger partial charge on any atom is -0.329 e. The van der Waals surface area contributed by atoms with Crippen LogP contribution in [0.15, 0.2) is 23.4 Å². The van der Waals surface area contributed by atoms with Gasteiger partial charge in [0, 0.05) is 18.3 Å². The summed E-state index contributed by atoms with van der Waals surface area (Å²) in [6.45, 7) is 2.17. The number of pyridine rings is 1. The number of rotatable bonds is 4. The predicted octanol–water partition coefficient (Wildman–Crippen LogP) is 1.41. The van der Waals surface area contributed by atoms with Crippen molar-refractivity contribution in [2.24, 2.45) is 11.7 Å². The van der Waals surface area contributed by atoms with E-state index in [9.17, 15) is 12.8 Å². The van der Waals surface area contributed by atoms with Crippen molar-refractivity contribution >= 4 is 10.0 Å². The molecule has 0 bridgehead atoms. The zero-order valence-electron chi connectivity index (χ0n) is 11.5. The summed E-state index contributed by atoms with van der Waals surface area (Å²) in [6.07, 6.45) is 4.80. The van der Waals surface area contributed by atoms with Gasteiger partial charge in [-0.2, -0.15) is 0 Å². The molecule has 1 aromatic rings. The Balaban J connectivity index is 2.33. The molecule has 0 saturated heterocycles. The lowest BCUT2D eigenvalue weighted by Crippen LogP contribution is -2.59. The maximum Gasteiger partial charge on any atom is 0.261 e. The summed E-state index contributed by atoms with van der Waals surface area (Å²) in [7, 11) is -4.01. The van der Waals surface area contributed by atoms with Crippen LogP contribution in [0, 0.1) is 11.7 Å². The Morgan fingerprint density at radius 1 is 1.55 bits per heavy atom. The second-order valence-corrected chi connectivity index (χ2v) is 7.00. The first-order chi connectivity index (χ1) is 9.41. The lowest BCUT2D eigenvalue weighted by atomic mass is 9.74. The summed E-state index contributed by atoms with van der Waals surface area (Å²) < 4.78 is 41.0. The molecule has 0 amide bonds. The van der Waals surface area contributed by atoms with E-state index < -0.39 is 26.4 Å². The minimum atomic E-state index is -4.01. The molecule has 1 aliphatic carbocycles. The van der Waals surface area contributed by atoms with E-state index in [2.05, 4.69) is 9.71 Å². The Kier molecular flexibility index (Phi) is 4.41. The molecule has 0 aliphatic heterocycles. The van der Waals surface area contributed by atoms with Crippen LogP contribution >= 0.6 is 0 Å². The molecule has 0 aromatic carbocycles. The zero-order valence-corrected chi connectivity index (χ0v) is 12.3. The van der Waals surface area contributed by atoms with Gasteiger partial charge >= 0.3 is 0 Å². The monoisotopic (exact) mass is 301 g/mol. The fourth-order valence-corrected chi connectivity index (χ4v) is 4.34. The van der Waals surface area contributed by atoms with Gasteiger partial charge in [-0.25, -0.2) is 22.5 Å². The summed E-state index contributed by atoms with van der Waals surface area (Å²) in [6, 6.07) is 2.44. The van der Waals surface area contributed by atoms with Gasteiger partial charge in [0.1, 0.15) is 0 Å². The first-order valence-electron chi connectivity index (χ1n) is 6.76. The Hall–Kier alpha value is -1.05. The van der Waals surface area contributed by atoms with Gasteiger partial charge in [0.05, 0.1) is 0 Å². The van der Waals surface area contributed by atoms with Crippen LogP contribution in [0.5, 0.6) is 0 Å². The van der Waals surface area contributed by atoms with Gasteiger partial charge in [0.25, 0.3) is 10.0 Å².